The van der Waals surface area contributed by atoms with Crippen LogP contribution in [0.25, 0.3) is 0 Å². The SMILES string of the molecule is N#C/C(C(=O)Nc1ccccc1)=C1/SC(Cc2ccc(F)cc2)C(=O)N1c1ccc(F)cc1. The zero-order valence-corrected chi connectivity index (χ0v) is 18.0. The molecule has 2 amide bonds. The normalized spacial score (nSPS) is 16.9. The number of nitrogens with one attached hydrogen (secondary N) is 1. The van der Waals surface area contributed by atoms with Crippen molar-refractivity contribution in [2.45, 2.75) is 11.7 Å². The summed E-state index contributed by atoms with van der Waals surface area (Å²) >= 11 is 1.08. The van der Waals surface area contributed by atoms with E-state index in [0.29, 0.717) is 11.4 Å². The van der Waals surface area contributed by atoms with Crippen LogP contribution >= 0.6 is 11.8 Å². The molecule has 1 fully saturated rings. The monoisotopic (exact) mass is 461 g/mol. The first kappa shape index (κ1) is 22.2. The van der Waals surface area contributed by atoms with Crippen molar-refractivity contribution in [2.24, 2.45) is 0 Å². The van der Waals surface area contributed by atoms with Crippen LogP contribution in [0.3, 0.4) is 0 Å². The maximum Gasteiger partial charge on any atom is 0.269 e. The first-order valence-corrected chi connectivity index (χ1v) is 10.9. The van der Waals surface area contributed by atoms with Gasteiger partial charge in [-0.1, -0.05) is 42.1 Å². The van der Waals surface area contributed by atoms with Gasteiger partial charge in [0, 0.05) is 11.4 Å². The van der Waals surface area contributed by atoms with Gasteiger partial charge >= 0.3 is 0 Å². The van der Waals surface area contributed by atoms with Crippen molar-refractivity contribution in [1.82, 2.24) is 0 Å². The summed E-state index contributed by atoms with van der Waals surface area (Å²) in [5.74, 6) is -1.88. The smallest absolute Gasteiger partial charge is 0.269 e. The predicted octanol–water partition coefficient (Wildman–Crippen LogP) is 5.03. The van der Waals surface area contributed by atoms with Gasteiger partial charge in [-0.15, -0.1) is 0 Å². The minimum Gasteiger partial charge on any atom is -0.321 e. The highest BCUT2D eigenvalue weighted by molar-refractivity contribution is 8.05. The lowest BCUT2D eigenvalue weighted by molar-refractivity contribution is -0.117. The predicted molar refractivity (Wildman–Crippen MR) is 123 cm³/mol. The lowest BCUT2D eigenvalue weighted by Gasteiger charge is -2.18. The molecule has 164 valence electrons. The van der Waals surface area contributed by atoms with Gasteiger partial charge < -0.3 is 5.32 Å². The van der Waals surface area contributed by atoms with E-state index in [1.807, 2.05) is 6.07 Å². The molecule has 0 radical (unpaired) electrons. The molecule has 1 aliphatic heterocycles. The number of thioether (sulfide) groups is 1. The highest BCUT2D eigenvalue weighted by Crippen LogP contribution is 2.42. The number of rotatable bonds is 5. The molecule has 4 rings (SSSR count). The van der Waals surface area contributed by atoms with Gasteiger partial charge in [0.2, 0.25) is 5.91 Å². The molecular formula is C25H17F2N3O2S. The molecule has 3 aromatic rings. The Bertz CT molecular complexity index is 1250. The fraction of sp³-hybridized carbons (Fsp3) is 0.0800. The maximum absolute atomic E-state index is 13.5. The Morgan fingerprint density at radius 1 is 0.970 bits per heavy atom. The van der Waals surface area contributed by atoms with Crippen LogP contribution in [0.2, 0.25) is 0 Å². The molecule has 0 aromatic heterocycles. The quantitative estimate of drug-likeness (QED) is 0.427. The van der Waals surface area contributed by atoms with E-state index in [9.17, 15) is 23.6 Å². The Labute approximate surface area is 193 Å². The summed E-state index contributed by atoms with van der Waals surface area (Å²) in [7, 11) is 0. The molecule has 0 spiro atoms. The minimum atomic E-state index is -0.659. The van der Waals surface area contributed by atoms with Crippen LogP contribution in [0.5, 0.6) is 0 Å². The third kappa shape index (κ3) is 4.94. The third-order valence-electron chi connectivity index (χ3n) is 4.96. The van der Waals surface area contributed by atoms with E-state index in [4.69, 9.17) is 0 Å². The molecule has 8 heteroatoms. The highest BCUT2D eigenvalue weighted by atomic mass is 32.2. The van der Waals surface area contributed by atoms with Crippen LogP contribution < -0.4 is 10.2 Å². The van der Waals surface area contributed by atoms with Crippen molar-refractivity contribution in [3.63, 3.8) is 0 Å². The zero-order valence-electron chi connectivity index (χ0n) is 17.2. The number of carbonyl (C=O) groups is 2. The fourth-order valence-corrected chi connectivity index (χ4v) is 4.67. The molecular weight excluding hydrogens is 444 g/mol. The van der Waals surface area contributed by atoms with E-state index < -0.39 is 17.0 Å². The number of hydrogen-bond acceptors (Lipinski definition) is 4. The Balaban J connectivity index is 1.72. The van der Waals surface area contributed by atoms with E-state index in [2.05, 4.69) is 5.32 Å². The summed E-state index contributed by atoms with van der Waals surface area (Å²) in [4.78, 5) is 27.5. The average molecular weight is 461 g/mol. The first-order chi connectivity index (χ1) is 16.0. The lowest BCUT2D eigenvalue weighted by Crippen LogP contribution is -2.30. The van der Waals surface area contributed by atoms with Gasteiger partial charge in [0.15, 0.2) is 0 Å². The van der Waals surface area contributed by atoms with E-state index in [-0.39, 0.29) is 28.7 Å². The number of halogens is 2. The number of anilines is 2. The average Bonchev–Trinajstić information content (AvgIpc) is 3.12. The number of benzene rings is 3. The zero-order chi connectivity index (χ0) is 23.4. The van der Waals surface area contributed by atoms with Crippen molar-refractivity contribution in [3.05, 3.63) is 107 Å². The molecule has 33 heavy (non-hydrogen) atoms. The Hall–Kier alpha value is -3.96. The van der Waals surface area contributed by atoms with Crippen molar-refractivity contribution >= 4 is 35.0 Å². The van der Waals surface area contributed by atoms with Crippen LogP contribution in [0, 0.1) is 23.0 Å². The Kier molecular flexibility index (Phi) is 6.52. The number of amides is 2. The summed E-state index contributed by atoms with van der Waals surface area (Å²) < 4.78 is 26.8. The number of para-hydroxylation sites is 1. The lowest BCUT2D eigenvalue weighted by atomic mass is 10.1. The second-order valence-electron chi connectivity index (χ2n) is 7.20. The first-order valence-electron chi connectivity index (χ1n) is 9.97. The number of nitriles is 1. The molecule has 0 saturated carbocycles. The van der Waals surface area contributed by atoms with Gasteiger partial charge in [0.05, 0.1) is 5.25 Å². The van der Waals surface area contributed by atoms with Crippen LogP contribution in [0.15, 0.2) is 89.5 Å². The van der Waals surface area contributed by atoms with Gasteiger partial charge in [-0.25, -0.2) is 8.78 Å². The van der Waals surface area contributed by atoms with Gasteiger partial charge in [0.25, 0.3) is 5.91 Å². The molecule has 5 nitrogen and oxygen atoms in total. The molecule has 0 bridgehead atoms. The summed E-state index contributed by atoms with van der Waals surface area (Å²) in [5, 5.41) is 12.0. The van der Waals surface area contributed by atoms with Gasteiger partial charge in [0.1, 0.15) is 28.3 Å². The summed E-state index contributed by atoms with van der Waals surface area (Å²) in [6.07, 6.45) is 0.268. The number of nitrogens with zero attached hydrogens (tertiary/aromatic N) is 2. The van der Waals surface area contributed by atoms with Gasteiger partial charge in [-0.2, -0.15) is 5.26 Å². The molecule has 1 unspecified atom stereocenters. The molecule has 1 atom stereocenters. The molecule has 0 aliphatic carbocycles. The van der Waals surface area contributed by atoms with Crippen molar-refractivity contribution < 1.29 is 18.4 Å². The molecule has 3 aromatic carbocycles. The van der Waals surface area contributed by atoms with Crippen LogP contribution in [-0.2, 0) is 16.0 Å². The second-order valence-corrected chi connectivity index (χ2v) is 8.39. The largest absolute Gasteiger partial charge is 0.321 e. The maximum atomic E-state index is 13.5. The standard InChI is InChI=1S/C25H17F2N3O2S/c26-17-8-6-16(7-9-17)14-22-24(32)30(20-12-10-18(27)11-13-20)25(33-22)21(15-28)23(31)29-19-4-2-1-3-5-19/h1-13,22H,14H2,(H,29,31)/b25-21-. The van der Waals surface area contributed by atoms with Gasteiger partial charge in [-0.3, -0.25) is 14.5 Å². The molecule has 1 N–H and O–H groups in total. The second kappa shape index (κ2) is 9.67. The molecule has 1 heterocycles. The van der Waals surface area contributed by atoms with Crippen LogP contribution in [-0.4, -0.2) is 17.1 Å². The Morgan fingerprint density at radius 2 is 1.58 bits per heavy atom. The van der Waals surface area contributed by atoms with Crippen LogP contribution in [0.4, 0.5) is 20.2 Å². The van der Waals surface area contributed by atoms with Crippen molar-refractivity contribution in [1.29, 1.82) is 5.26 Å². The molecule has 1 aliphatic rings. The number of carbonyl (C=O) groups excluding carboxylic acids is 2. The van der Waals surface area contributed by atoms with Crippen LogP contribution in [0.1, 0.15) is 5.56 Å². The summed E-state index contributed by atoms with van der Waals surface area (Å²) in [5.41, 5.74) is 1.34. The third-order valence-corrected chi connectivity index (χ3v) is 6.22. The van der Waals surface area contributed by atoms with Crippen molar-refractivity contribution in [2.75, 3.05) is 10.2 Å². The van der Waals surface area contributed by atoms with E-state index in [1.54, 1.807) is 42.5 Å². The minimum absolute atomic E-state index is 0.162. The topological polar surface area (TPSA) is 73.2 Å². The fourth-order valence-electron chi connectivity index (χ4n) is 3.36. The van der Waals surface area contributed by atoms with E-state index >= 15 is 0 Å². The summed E-state index contributed by atoms with van der Waals surface area (Å²) in [6.45, 7) is 0. The number of hydrogen-bond donors (Lipinski definition) is 1. The van der Waals surface area contributed by atoms with Gasteiger partial charge in [-0.05, 0) is 60.5 Å². The van der Waals surface area contributed by atoms with E-state index in [1.165, 1.54) is 41.3 Å². The van der Waals surface area contributed by atoms with E-state index in [0.717, 1.165) is 17.3 Å². The molecule has 1 saturated heterocycles. The van der Waals surface area contributed by atoms with Crippen molar-refractivity contribution in [3.8, 4) is 6.07 Å². The summed E-state index contributed by atoms with van der Waals surface area (Å²) in [6, 6.07) is 21.6. The highest BCUT2D eigenvalue weighted by Gasteiger charge is 2.40. The Morgan fingerprint density at radius 3 is 2.18 bits per heavy atom.